The molecule has 21 heavy (non-hydrogen) atoms. The van der Waals surface area contributed by atoms with Crippen LogP contribution in [0.4, 0.5) is 5.69 Å². The number of carbonyl (C=O) groups is 1. The smallest absolute Gasteiger partial charge is 0.235 e. The molecule has 1 aliphatic rings. The van der Waals surface area contributed by atoms with Gasteiger partial charge in [0, 0.05) is 11.1 Å². The summed E-state index contributed by atoms with van der Waals surface area (Å²) in [6.07, 6.45) is 3.29. The lowest BCUT2D eigenvalue weighted by molar-refractivity contribution is -0.118. The van der Waals surface area contributed by atoms with Crippen LogP contribution in [-0.4, -0.2) is 18.0 Å². The fourth-order valence-corrected chi connectivity index (χ4v) is 2.49. The normalized spacial score (nSPS) is 15.3. The van der Waals surface area contributed by atoms with Gasteiger partial charge in [-0.25, -0.2) is 4.98 Å². The summed E-state index contributed by atoms with van der Waals surface area (Å²) >= 11 is 5.90. The maximum atomic E-state index is 12.5. The lowest BCUT2D eigenvalue weighted by atomic mass is 9.95. The Morgan fingerprint density at radius 3 is 2.48 bits per heavy atom. The highest BCUT2D eigenvalue weighted by Gasteiger charge is 2.51. The number of pyridine rings is 1. The van der Waals surface area contributed by atoms with E-state index in [0.29, 0.717) is 16.6 Å². The molecular formula is C16H15ClN2O2. The number of amides is 1. The Labute approximate surface area is 128 Å². The third-order valence-electron chi connectivity index (χ3n) is 3.78. The summed E-state index contributed by atoms with van der Waals surface area (Å²) in [5.41, 5.74) is 1.25. The molecule has 5 heteroatoms. The van der Waals surface area contributed by atoms with Crippen LogP contribution in [0.5, 0.6) is 5.88 Å². The Hall–Kier alpha value is -2.07. The minimum absolute atomic E-state index is 0.00297. The van der Waals surface area contributed by atoms with Gasteiger partial charge in [-0.1, -0.05) is 23.7 Å². The van der Waals surface area contributed by atoms with Crippen molar-refractivity contribution in [2.24, 2.45) is 0 Å². The third-order valence-corrected chi connectivity index (χ3v) is 4.04. The van der Waals surface area contributed by atoms with E-state index in [1.165, 1.54) is 0 Å². The number of nitrogens with one attached hydrogen (secondary N) is 1. The summed E-state index contributed by atoms with van der Waals surface area (Å²) in [4.78, 5) is 16.6. The van der Waals surface area contributed by atoms with Crippen LogP contribution in [0.2, 0.25) is 5.02 Å². The van der Waals surface area contributed by atoms with Gasteiger partial charge in [0.25, 0.3) is 0 Å². The molecule has 0 spiro atoms. The van der Waals surface area contributed by atoms with Crippen molar-refractivity contribution in [3.8, 4) is 5.88 Å². The first kappa shape index (κ1) is 13.9. The summed E-state index contributed by atoms with van der Waals surface area (Å²) in [5.74, 6) is 0.517. The Balaban J connectivity index is 1.76. The molecule has 1 aromatic carbocycles. The Morgan fingerprint density at radius 2 is 1.95 bits per heavy atom. The highest BCUT2D eigenvalue weighted by Crippen LogP contribution is 2.49. The molecule has 0 saturated heterocycles. The van der Waals surface area contributed by atoms with Crippen LogP contribution in [-0.2, 0) is 10.2 Å². The van der Waals surface area contributed by atoms with E-state index in [2.05, 4.69) is 10.3 Å². The second kappa shape index (κ2) is 5.37. The minimum Gasteiger partial charge on any atom is -0.481 e. The molecule has 0 radical (unpaired) electrons. The van der Waals surface area contributed by atoms with Crippen molar-refractivity contribution >= 4 is 23.2 Å². The molecule has 1 saturated carbocycles. The summed E-state index contributed by atoms with van der Waals surface area (Å²) in [5, 5.41) is 3.59. The van der Waals surface area contributed by atoms with E-state index in [9.17, 15) is 4.79 Å². The third kappa shape index (κ3) is 2.72. The second-order valence-electron chi connectivity index (χ2n) is 5.13. The van der Waals surface area contributed by atoms with Gasteiger partial charge in [-0.15, -0.1) is 0 Å². The van der Waals surface area contributed by atoms with E-state index in [0.717, 1.165) is 18.4 Å². The van der Waals surface area contributed by atoms with Crippen LogP contribution in [0.25, 0.3) is 0 Å². The molecule has 1 aliphatic carbocycles. The van der Waals surface area contributed by atoms with Crippen molar-refractivity contribution in [2.75, 3.05) is 12.4 Å². The SMILES string of the molecule is COc1ccc(NC(=O)C2(c3ccc(Cl)cc3)CC2)cn1. The van der Waals surface area contributed by atoms with Crippen LogP contribution >= 0.6 is 11.6 Å². The largest absolute Gasteiger partial charge is 0.481 e. The molecule has 1 N–H and O–H groups in total. The second-order valence-corrected chi connectivity index (χ2v) is 5.57. The zero-order valence-corrected chi connectivity index (χ0v) is 12.4. The fraction of sp³-hybridized carbons (Fsp3) is 0.250. The summed E-state index contributed by atoms with van der Waals surface area (Å²) < 4.78 is 5.00. The van der Waals surface area contributed by atoms with Crippen molar-refractivity contribution in [2.45, 2.75) is 18.3 Å². The number of ether oxygens (including phenoxy) is 1. The first-order chi connectivity index (χ1) is 10.1. The van der Waals surface area contributed by atoms with Gasteiger partial charge in [0.2, 0.25) is 11.8 Å². The quantitative estimate of drug-likeness (QED) is 0.941. The molecular weight excluding hydrogens is 288 g/mol. The van der Waals surface area contributed by atoms with Crippen molar-refractivity contribution in [3.05, 3.63) is 53.2 Å². The number of rotatable bonds is 4. The van der Waals surface area contributed by atoms with Crippen molar-refractivity contribution in [1.82, 2.24) is 4.98 Å². The topological polar surface area (TPSA) is 51.2 Å². The minimum atomic E-state index is -0.426. The van der Waals surface area contributed by atoms with E-state index in [1.807, 2.05) is 24.3 Å². The maximum absolute atomic E-state index is 12.5. The molecule has 2 aromatic rings. The van der Waals surface area contributed by atoms with E-state index < -0.39 is 5.41 Å². The molecule has 1 fully saturated rings. The number of aromatic nitrogens is 1. The molecule has 1 heterocycles. The average Bonchev–Trinajstić information content (AvgIpc) is 3.30. The molecule has 0 unspecified atom stereocenters. The standard InChI is InChI=1S/C16H15ClN2O2/c1-21-14-7-6-13(10-18-14)19-15(20)16(8-9-16)11-2-4-12(17)5-3-11/h2-7,10H,8-9H2,1H3,(H,19,20). The Kier molecular flexibility index (Phi) is 3.55. The summed E-state index contributed by atoms with van der Waals surface area (Å²) in [6, 6.07) is 11.0. The van der Waals surface area contributed by atoms with E-state index in [-0.39, 0.29) is 5.91 Å². The van der Waals surface area contributed by atoms with Crippen molar-refractivity contribution in [1.29, 1.82) is 0 Å². The van der Waals surface area contributed by atoms with E-state index >= 15 is 0 Å². The summed E-state index contributed by atoms with van der Waals surface area (Å²) in [6.45, 7) is 0. The first-order valence-electron chi connectivity index (χ1n) is 6.72. The van der Waals surface area contributed by atoms with Crippen LogP contribution in [0, 0.1) is 0 Å². The average molecular weight is 303 g/mol. The molecule has 1 amide bonds. The van der Waals surface area contributed by atoms with Crippen molar-refractivity contribution < 1.29 is 9.53 Å². The van der Waals surface area contributed by atoms with Gasteiger partial charge in [-0.3, -0.25) is 4.79 Å². The van der Waals surface area contributed by atoms with E-state index in [4.69, 9.17) is 16.3 Å². The maximum Gasteiger partial charge on any atom is 0.235 e. The molecule has 3 rings (SSSR count). The number of hydrogen-bond acceptors (Lipinski definition) is 3. The predicted octanol–water partition coefficient (Wildman–Crippen LogP) is 3.41. The molecule has 0 atom stereocenters. The van der Waals surface area contributed by atoms with Gasteiger partial charge < -0.3 is 10.1 Å². The molecule has 0 aliphatic heterocycles. The van der Waals surface area contributed by atoms with Crippen LogP contribution in [0.3, 0.4) is 0 Å². The highest BCUT2D eigenvalue weighted by atomic mass is 35.5. The van der Waals surface area contributed by atoms with Crippen LogP contribution < -0.4 is 10.1 Å². The van der Waals surface area contributed by atoms with Crippen LogP contribution in [0.1, 0.15) is 18.4 Å². The molecule has 4 nitrogen and oxygen atoms in total. The van der Waals surface area contributed by atoms with Crippen LogP contribution in [0.15, 0.2) is 42.6 Å². The monoisotopic (exact) mass is 302 g/mol. The number of hydrogen-bond donors (Lipinski definition) is 1. The molecule has 1 aromatic heterocycles. The number of methoxy groups -OCH3 is 1. The number of anilines is 1. The molecule has 0 bridgehead atoms. The highest BCUT2D eigenvalue weighted by molar-refractivity contribution is 6.30. The van der Waals surface area contributed by atoms with Gasteiger partial charge in [-0.2, -0.15) is 0 Å². The Bertz CT molecular complexity index is 649. The van der Waals surface area contributed by atoms with E-state index in [1.54, 1.807) is 25.4 Å². The number of benzene rings is 1. The lowest BCUT2D eigenvalue weighted by Gasteiger charge is -2.16. The zero-order chi connectivity index (χ0) is 14.9. The van der Waals surface area contributed by atoms with Gasteiger partial charge in [0.1, 0.15) is 0 Å². The number of carbonyl (C=O) groups excluding carboxylic acids is 1. The van der Waals surface area contributed by atoms with Crippen molar-refractivity contribution in [3.63, 3.8) is 0 Å². The fourth-order valence-electron chi connectivity index (χ4n) is 2.37. The number of nitrogens with zero attached hydrogens (tertiary/aromatic N) is 1. The predicted molar refractivity (Wildman–Crippen MR) is 81.8 cm³/mol. The van der Waals surface area contributed by atoms with Gasteiger partial charge >= 0.3 is 0 Å². The summed E-state index contributed by atoms with van der Waals surface area (Å²) in [7, 11) is 1.56. The Morgan fingerprint density at radius 1 is 1.24 bits per heavy atom. The molecule has 108 valence electrons. The van der Waals surface area contributed by atoms with Gasteiger partial charge in [0.15, 0.2) is 0 Å². The first-order valence-corrected chi connectivity index (χ1v) is 7.09. The number of halogens is 1. The van der Waals surface area contributed by atoms with Gasteiger partial charge in [-0.05, 0) is 36.6 Å². The lowest BCUT2D eigenvalue weighted by Crippen LogP contribution is -2.27. The van der Waals surface area contributed by atoms with Gasteiger partial charge in [0.05, 0.1) is 24.4 Å². The zero-order valence-electron chi connectivity index (χ0n) is 11.6.